The fraction of sp³-hybridized carbons (Fsp3) is 0.600. The van der Waals surface area contributed by atoms with Crippen LogP contribution in [0.2, 0.25) is 5.02 Å². The van der Waals surface area contributed by atoms with E-state index in [2.05, 4.69) is 10.3 Å². The first-order chi connectivity index (χ1) is 9.72. The summed E-state index contributed by atoms with van der Waals surface area (Å²) in [4.78, 5) is 18.3. The Hall–Kier alpha value is -0.550. The Morgan fingerprint density at radius 1 is 1.23 bits per heavy atom. The second-order valence-corrected chi connectivity index (χ2v) is 6.22. The van der Waals surface area contributed by atoms with E-state index in [1.54, 1.807) is 12.1 Å². The fourth-order valence-electron chi connectivity index (χ4n) is 2.61. The van der Waals surface area contributed by atoms with Crippen molar-refractivity contribution < 1.29 is 4.79 Å². The maximum Gasteiger partial charge on any atom is 0.272 e. The van der Waals surface area contributed by atoms with Gasteiger partial charge in [-0.1, -0.05) is 11.6 Å². The topological polar surface area (TPSA) is 45.2 Å². The molecule has 1 amide bonds. The van der Waals surface area contributed by atoms with Gasteiger partial charge in [-0.3, -0.25) is 4.79 Å². The van der Waals surface area contributed by atoms with Crippen LogP contribution in [0.4, 0.5) is 0 Å². The lowest BCUT2D eigenvalue weighted by Gasteiger charge is -2.32. The highest BCUT2D eigenvalue weighted by Crippen LogP contribution is 2.28. The Balaban J connectivity index is 0.00000121. The van der Waals surface area contributed by atoms with Crippen molar-refractivity contribution in [2.75, 3.05) is 19.6 Å². The summed E-state index contributed by atoms with van der Waals surface area (Å²) in [5, 5.41) is 4.18. The SMILES string of the molecule is Cl.Cl.O=C(c1ccc(Cl)cn1)N1CCC(NCC2CC2)CC1. The lowest BCUT2D eigenvalue weighted by molar-refractivity contribution is 0.0699. The van der Waals surface area contributed by atoms with Crippen LogP contribution >= 0.6 is 36.4 Å². The van der Waals surface area contributed by atoms with Crippen molar-refractivity contribution in [2.45, 2.75) is 31.7 Å². The lowest BCUT2D eigenvalue weighted by Crippen LogP contribution is -2.45. The molecular formula is C15H22Cl3N3O. The molecular weight excluding hydrogens is 345 g/mol. The molecule has 124 valence electrons. The van der Waals surface area contributed by atoms with Gasteiger partial charge in [-0.2, -0.15) is 0 Å². The van der Waals surface area contributed by atoms with Gasteiger partial charge < -0.3 is 10.2 Å². The second-order valence-electron chi connectivity index (χ2n) is 5.78. The molecule has 0 radical (unpaired) electrons. The number of amides is 1. The van der Waals surface area contributed by atoms with Crippen LogP contribution in [-0.4, -0.2) is 41.5 Å². The highest BCUT2D eigenvalue weighted by Gasteiger charge is 2.26. The van der Waals surface area contributed by atoms with Gasteiger partial charge >= 0.3 is 0 Å². The average Bonchev–Trinajstić information content (AvgIpc) is 3.30. The zero-order valence-electron chi connectivity index (χ0n) is 12.3. The molecule has 3 rings (SSSR count). The maximum absolute atomic E-state index is 12.3. The van der Waals surface area contributed by atoms with Crippen LogP contribution < -0.4 is 5.32 Å². The Morgan fingerprint density at radius 3 is 2.45 bits per heavy atom. The van der Waals surface area contributed by atoms with E-state index in [4.69, 9.17) is 11.6 Å². The molecule has 2 heterocycles. The molecule has 0 spiro atoms. The predicted molar refractivity (Wildman–Crippen MR) is 93.4 cm³/mol. The molecule has 0 aromatic carbocycles. The monoisotopic (exact) mass is 365 g/mol. The number of aromatic nitrogens is 1. The van der Waals surface area contributed by atoms with Gasteiger partial charge in [0.2, 0.25) is 0 Å². The van der Waals surface area contributed by atoms with Crippen LogP contribution in [0.25, 0.3) is 0 Å². The predicted octanol–water partition coefficient (Wildman–Crippen LogP) is 3.18. The molecule has 0 atom stereocenters. The van der Waals surface area contributed by atoms with Gasteiger partial charge in [0, 0.05) is 25.3 Å². The quantitative estimate of drug-likeness (QED) is 0.890. The van der Waals surface area contributed by atoms with E-state index in [1.165, 1.54) is 19.0 Å². The highest BCUT2D eigenvalue weighted by atomic mass is 35.5. The van der Waals surface area contributed by atoms with Crippen molar-refractivity contribution in [3.63, 3.8) is 0 Å². The van der Waals surface area contributed by atoms with Crippen LogP contribution in [0.3, 0.4) is 0 Å². The Labute approximate surface area is 148 Å². The molecule has 1 aromatic rings. The number of nitrogens with zero attached hydrogens (tertiary/aromatic N) is 2. The third-order valence-electron chi connectivity index (χ3n) is 4.12. The molecule has 0 unspecified atom stereocenters. The average molecular weight is 367 g/mol. The van der Waals surface area contributed by atoms with Crippen molar-refractivity contribution in [1.82, 2.24) is 15.2 Å². The number of halogens is 3. The Morgan fingerprint density at radius 2 is 1.91 bits per heavy atom. The summed E-state index contributed by atoms with van der Waals surface area (Å²) in [5.74, 6) is 0.926. The summed E-state index contributed by atoms with van der Waals surface area (Å²) >= 11 is 5.79. The number of carbonyl (C=O) groups excluding carboxylic acids is 1. The molecule has 1 N–H and O–H groups in total. The first kappa shape index (κ1) is 19.5. The van der Waals surface area contributed by atoms with E-state index in [0.29, 0.717) is 16.8 Å². The van der Waals surface area contributed by atoms with Gasteiger partial charge in [0.25, 0.3) is 5.91 Å². The number of piperidine rings is 1. The van der Waals surface area contributed by atoms with Gasteiger partial charge in [0.15, 0.2) is 0 Å². The second kappa shape index (κ2) is 8.92. The van der Waals surface area contributed by atoms with E-state index in [9.17, 15) is 4.79 Å². The standard InChI is InChI=1S/C15H20ClN3O.2ClH/c16-12-3-4-14(18-10-12)15(20)19-7-5-13(6-8-19)17-9-11-1-2-11;;/h3-4,10-11,13,17H,1-2,5-9H2;2*1H. The molecule has 1 aliphatic heterocycles. The summed E-state index contributed by atoms with van der Waals surface area (Å²) in [6.07, 6.45) is 6.36. The Kier molecular flexibility index (Phi) is 7.90. The normalized spacial score (nSPS) is 18.3. The summed E-state index contributed by atoms with van der Waals surface area (Å²) < 4.78 is 0. The summed E-state index contributed by atoms with van der Waals surface area (Å²) in [5.41, 5.74) is 0.485. The van der Waals surface area contributed by atoms with Crippen molar-refractivity contribution in [2.24, 2.45) is 5.92 Å². The van der Waals surface area contributed by atoms with Crippen LogP contribution in [0.15, 0.2) is 18.3 Å². The molecule has 1 aliphatic carbocycles. The van der Waals surface area contributed by atoms with Crippen molar-refractivity contribution in [1.29, 1.82) is 0 Å². The van der Waals surface area contributed by atoms with Gasteiger partial charge in [-0.25, -0.2) is 4.98 Å². The van der Waals surface area contributed by atoms with Crippen molar-refractivity contribution >= 4 is 42.3 Å². The number of rotatable bonds is 4. The smallest absolute Gasteiger partial charge is 0.272 e. The third kappa shape index (κ3) is 5.27. The zero-order valence-corrected chi connectivity index (χ0v) is 14.7. The molecule has 0 bridgehead atoms. The van der Waals surface area contributed by atoms with E-state index in [1.807, 2.05) is 4.90 Å². The van der Waals surface area contributed by atoms with E-state index in [0.717, 1.165) is 38.4 Å². The number of nitrogens with one attached hydrogen (secondary N) is 1. The highest BCUT2D eigenvalue weighted by molar-refractivity contribution is 6.30. The molecule has 1 saturated heterocycles. The lowest BCUT2D eigenvalue weighted by atomic mass is 10.0. The number of likely N-dealkylation sites (tertiary alicyclic amines) is 1. The number of hydrogen-bond acceptors (Lipinski definition) is 3. The summed E-state index contributed by atoms with van der Waals surface area (Å²) in [6.45, 7) is 2.77. The van der Waals surface area contributed by atoms with Crippen molar-refractivity contribution in [3.05, 3.63) is 29.0 Å². The fourth-order valence-corrected chi connectivity index (χ4v) is 2.72. The van der Waals surface area contributed by atoms with E-state index in [-0.39, 0.29) is 30.7 Å². The van der Waals surface area contributed by atoms with Crippen LogP contribution in [0.1, 0.15) is 36.2 Å². The van der Waals surface area contributed by atoms with Gasteiger partial charge in [0.05, 0.1) is 5.02 Å². The van der Waals surface area contributed by atoms with E-state index < -0.39 is 0 Å². The van der Waals surface area contributed by atoms with Crippen LogP contribution in [0, 0.1) is 5.92 Å². The zero-order chi connectivity index (χ0) is 13.9. The van der Waals surface area contributed by atoms with Gasteiger partial charge in [-0.15, -0.1) is 24.8 Å². The van der Waals surface area contributed by atoms with Crippen LogP contribution in [-0.2, 0) is 0 Å². The van der Waals surface area contributed by atoms with Gasteiger partial charge in [-0.05, 0) is 50.3 Å². The largest absolute Gasteiger partial charge is 0.337 e. The first-order valence-corrected chi connectivity index (χ1v) is 7.74. The minimum atomic E-state index is 0. The van der Waals surface area contributed by atoms with Crippen LogP contribution in [0.5, 0.6) is 0 Å². The first-order valence-electron chi connectivity index (χ1n) is 7.36. The number of carbonyl (C=O) groups is 1. The number of hydrogen-bond donors (Lipinski definition) is 1. The summed E-state index contributed by atoms with van der Waals surface area (Å²) in [6, 6.07) is 3.98. The minimum Gasteiger partial charge on any atom is -0.337 e. The maximum atomic E-state index is 12.3. The molecule has 1 aromatic heterocycles. The molecule has 7 heteroatoms. The van der Waals surface area contributed by atoms with Gasteiger partial charge in [0.1, 0.15) is 5.69 Å². The minimum absolute atomic E-state index is 0. The molecule has 2 aliphatic rings. The molecule has 1 saturated carbocycles. The third-order valence-corrected chi connectivity index (χ3v) is 4.34. The van der Waals surface area contributed by atoms with Crippen molar-refractivity contribution in [3.8, 4) is 0 Å². The Bertz CT molecular complexity index is 471. The molecule has 2 fully saturated rings. The molecule has 22 heavy (non-hydrogen) atoms. The molecule has 4 nitrogen and oxygen atoms in total. The summed E-state index contributed by atoms with van der Waals surface area (Å²) in [7, 11) is 0. The number of pyridine rings is 1. The van der Waals surface area contributed by atoms with E-state index >= 15 is 0 Å².